The first-order valence-electron chi connectivity index (χ1n) is 9.24. The number of benzene rings is 2. The summed E-state index contributed by atoms with van der Waals surface area (Å²) in [6.07, 6.45) is 0.927. The van der Waals surface area contributed by atoms with Gasteiger partial charge in [-0.3, -0.25) is 0 Å². The molecule has 0 N–H and O–H groups in total. The molecule has 0 aliphatic carbocycles. The Labute approximate surface area is 155 Å². The van der Waals surface area contributed by atoms with Crippen LogP contribution in [0.25, 0.3) is 0 Å². The smallest absolute Gasteiger partial charge is 0.119 e. The van der Waals surface area contributed by atoms with Crippen molar-refractivity contribution < 1.29 is 18.9 Å². The predicted octanol–water partition coefficient (Wildman–Crippen LogP) is 3.84. The molecule has 0 saturated carbocycles. The molecule has 0 bridgehead atoms. The zero-order chi connectivity index (χ0) is 17.9. The first-order chi connectivity index (χ1) is 12.7. The minimum absolute atomic E-state index is 0.0254. The fourth-order valence-corrected chi connectivity index (χ4v) is 3.39. The summed E-state index contributed by atoms with van der Waals surface area (Å²) in [5, 5.41) is 0. The molecular weight excluding hydrogens is 328 g/mol. The van der Waals surface area contributed by atoms with Crippen molar-refractivity contribution in [3.05, 3.63) is 60.2 Å². The zero-order valence-electron chi connectivity index (χ0n) is 15.3. The molecule has 2 heterocycles. The van der Waals surface area contributed by atoms with E-state index < -0.39 is 0 Å². The minimum Gasteiger partial charge on any atom is -0.494 e. The van der Waals surface area contributed by atoms with Crippen LogP contribution >= 0.6 is 0 Å². The number of hydrogen-bond acceptors (Lipinski definition) is 4. The monoisotopic (exact) mass is 354 g/mol. The van der Waals surface area contributed by atoms with Crippen molar-refractivity contribution in [1.82, 2.24) is 0 Å². The number of hydrogen-bond donors (Lipinski definition) is 0. The Kier molecular flexibility index (Phi) is 4.88. The third-order valence-electron chi connectivity index (χ3n) is 5.28. The molecule has 4 nitrogen and oxygen atoms in total. The lowest BCUT2D eigenvalue weighted by atomic mass is 9.76. The number of ether oxygens (including phenoxy) is 4. The van der Waals surface area contributed by atoms with Gasteiger partial charge in [0.2, 0.25) is 0 Å². The molecule has 2 aliphatic heterocycles. The molecule has 2 saturated heterocycles. The SMILES string of the molecule is CC1(COc2cccc(C3(CCOc4ccccc4)COC3)c2)COC1. The normalized spacial score (nSPS) is 19.9. The van der Waals surface area contributed by atoms with E-state index in [4.69, 9.17) is 18.9 Å². The molecule has 0 amide bonds. The summed E-state index contributed by atoms with van der Waals surface area (Å²) in [5.74, 6) is 1.84. The summed E-state index contributed by atoms with van der Waals surface area (Å²) < 4.78 is 22.8. The van der Waals surface area contributed by atoms with Gasteiger partial charge in [-0.1, -0.05) is 37.3 Å². The van der Waals surface area contributed by atoms with E-state index >= 15 is 0 Å². The van der Waals surface area contributed by atoms with Crippen LogP contribution in [0.15, 0.2) is 54.6 Å². The van der Waals surface area contributed by atoms with Gasteiger partial charge in [0.15, 0.2) is 0 Å². The van der Waals surface area contributed by atoms with Gasteiger partial charge in [0, 0.05) is 10.8 Å². The van der Waals surface area contributed by atoms with Crippen molar-refractivity contribution in [2.75, 3.05) is 39.6 Å². The van der Waals surface area contributed by atoms with Gasteiger partial charge in [0.1, 0.15) is 11.5 Å². The van der Waals surface area contributed by atoms with Crippen molar-refractivity contribution in [3.8, 4) is 11.5 Å². The third-order valence-corrected chi connectivity index (χ3v) is 5.28. The highest BCUT2D eigenvalue weighted by Gasteiger charge is 2.40. The van der Waals surface area contributed by atoms with E-state index in [1.165, 1.54) is 5.56 Å². The van der Waals surface area contributed by atoms with Crippen LogP contribution in [0.3, 0.4) is 0 Å². The van der Waals surface area contributed by atoms with Crippen molar-refractivity contribution in [1.29, 1.82) is 0 Å². The van der Waals surface area contributed by atoms with Crippen molar-refractivity contribution >= 4 is 0 Å². The topological polar surface area (TPSA) is 36.9 Å². The Bertz CT molecular complexity index is 720. The average molecular weight is 354 g/mol. The van der Waals surface area contributed by atoms with Crippen LogP contribution in [0.2, 0.25) is 0 Å². The first-order valence-corrected chi connectivity index (χ1v) is 9.24. The fourth-order valence-electron chi connectivity index (χ4n) is 3.39. The zero-order valence-corrected chi connectivity index (χ0v) is 15.3. The maximum atomic E-state index is 6.04. The van der Waals surface area contributed by atoms with E-state index in [1.54, 1.807) is 0 Å². The molecule has 2 fully saturated rings. The van der Waals surface area contributed by atoms with Crippen LogP contribution in [0.5, 0.6) is 11.5 Å². The minimum atomic E-state index is 0.0254. The Morgan fingerprint density at radius 2 is 1.58 bits per heavy atom. The molecule has 0 atom stereocenters. The van der Waals surface area contributed by atoms with Gasteiger partial charge in [0.05, 0.1) is 39.6 Å². The van der Waals surface area contributed by atoms with Crippen LogP contribution in [0.4, 0.5) is 0 Å². The Balaban J connectivity index is 1.38. The van der Waals surface area contributed by atoms with Gasteiger partial charge >= 0.3 is 0 Å². The Morgan fingerprint density at radius 1 is 0.846 bits per heavy atom. The lowest BCUT2D eigenvalue weighted by Gasteiger charge is -2.42. The van der Waals surface area contributed by atoms with E-state index in [1.807, 2.05) is 36.4 Å². The molecule has 2 aromatic carbocycles. The molecule has 0 spiro atoms. The average Bonchev–Trinajstić information content (AvgIpc) is 2.62. The molecule has 138 valence electrons. The van der Waals surface area contributed by atoms with Crippen molar-refractivity contribution in [2.45, 2.75) is 18.8 Å². The molecular formula is C22H26O4. The van der Waals surface area contributed by atoms with Gasteiger partial charge in [-0.25, -0.2) is 0 Å². The molecule has 4 heteroatoms. The molecule has 2 aliphatic rings. The Hall–Kier alpha value is -2.04. The molecule has 26 heavy (non-hydrogen) atoms. The highest BCUT2D eigenvalue weighted by Crippen LogP contribution is 2.37. The highest BCUT2D eigenvalue weighted by molar-refractivity contribution is 5.35. The van der Waals surface area contributed by atoms with Crippen LogP contribution in [-0.2, 0) is 14.9 Å². The molecule has 0 unspecified atom stereocenters. The third kappa shape index (κ3) is 3.71. The lowest BCUT2D eigenvalue weighted by molar-refractivity contribution is -0.120. The van der Waals surface area contributed by atoms with Gasteiger partial charge in [-0.05, 0) is 36.2 Å². The largest absolute Gasteiger partial charge is 0.494 e. The summed E-state index contributed by atoms with van der Waals surface area (Å²) in [6, 6.07) is 18.4. The van der Waals surface area contributed by atoms with E-state index in [0.29, 0.717) is 13.2 Å². The van der Waals surface area contributed by atoms with Crippen LogP contribution in [0, 0.1) is 5.41 Å². The van der Waals surface area contributed by atoms with E-state index in [9.17, 15) is 0 Å². The fraction of sp³-hybridized carbons (Fsp3) is 0.455. The molecule has 2 aromatic rings. The summed E-state index contributed by atoms with van der Waals surface area (Å²) in [4.78, 5) is 0. The van der Waals surface area contributed by atoms with Crippen LogP contribution < -0.4 is 9.47 Å². The summed E-state index contributed by atoms with van der Waals surface area (Å²) in [5.41, 5.74) is 1.45. The number of para-hydroxylation sites is 1. The van der Waals surface area contributed by atoms with Crippen molar-refractivity contribution in [3.63, 3.8) is 0 Å². The molecule has 4 rings (SSSR count). The quantitative estimate of drug-likeness (QED) is 0.722. The van der Waals surface area contributed by atoms with Gasteiger partial charge in [-0.2, -0.15) is 0 Å². The van der Waals surface area contributed by atoms with E-state index in [0.717, 1.165) is 44.3 Å². The van der Waals surface area contributed by atoms with Crippen LogP contribution in [0.1, 0.15) is 18.9 Å². The van der Waals surface area contributed by atoms with Gasteiger partial charge < -0.3 is 18.9 Å². The van der Waals surface area contributed by atoms with E-state index in [-0.39, 0.29) is 10.8 Å². The molecule has 0 aromatic heterocycles. The van der Waals surface area contributed by atoms with Gasteiger partial charge in [0.25, 0.3) is 0 Å². The maximum Gasteiger partial charge on any atom is 0.119 e. The first kappa shape index (κ1) is 17.4. The maximum absolute atomic E-state index is 6.04. The summed E-state index contributed by atoms with van der Waals surface area (Å²) in [6.45, 7) is 6.59. The second kappa shape index (κ2) is 7.29. The van der Waals surface area contributed by atoms with Crippen LogP contribution in [-0.4, -0.2) is 39.6 Å². The second-order valence-electron chi connectivity index (χ2n) is 7.80. The highest BCUT2D eigenvalue weighted by atomic mass is 16.5. The second-order valence-corrected chi connectivity index (χ2v) is 7.80. The lowest BCUT2D eigenvalue weighted by Crippen LogP contribution is -2.47. The Morgan fingerprint density at radius 3 is 2.23 bits per heavy atom. The summed E-state index contributed by atoms with van der Waals surface area (Å²) >= 11 is 0. The number of rotatable bonds is 8. The van der Waals surface area contributed by atoms with Crippen molar-refractivity contribution in [2.24, 2.45) is 5.41 Å². The summed E-state index contributed by atoms with van der Waals surface area (Å²) in [7, 11) is 0. The van der Waals surface area contributed by atoms with E-state index in [2.05, 4.69) is 25.1 Å². The van der Waals surface area contributed by atoms with Gasteiger partial charge in [-0.15, -0.1) is 0 Å². The predicted molar refractivity (Wildman–Crippen MR) is 99.9 cm³/mol. The molecule has 0 radical (unpaired) electrons. The standard InChI is InChI=1S/C22H26O4/c1-21(13-23-14-21)15-26-20-9-5-6-18(12-20)22(16-24-17-22)10-11-25-19-7-3-2-4-8-19/h2-9,12H,10-11,13-17H2,1H3.